The van der Waals surface area contributed by atoms with Gasteiger partial charge < -0.3 is 20.2 Å². The summed E-state index contributed by atoms with van der Waals surface area (Å²) in [5.41, 5.74) is -1.26. The molecule has 1 aromatic heterocycles. The van der Waals surface area contributed by atoms with Gasteiger partial charge in [-0.3, -0.25) is 9.59 Å². The fraction of sp³-hybridized carbons (Fsp3) is 0.667. The van der Waals surface area contributed by atoms with Crippen molar-refractivity contribution in [3.05, 3.63) is 23.7 Å². The second-order valence-corrected chi connectivity index (χ2v) is 7.06. The molecule has 0 radical (unpaired) electrons. The molecule has 6 nitrogen and oxygen atoms in total. The highest BCUT2D eigenvalue weighted by molar-refractivity contribution is 5.81. The Hall–Kier alpha value is -1.82. The quantitative estimate of drug-likeness (QED) is 0.710. The van der Waals surface area contributed by atoms with Crippen molar-refractivity contribution in [2.24, 2.45) is 5.92 Å². The predicted octanol–water partition coefficient (Wildman–Crippen LogP) is 2.00. The van der Waals surface area contributed by atoms with Crippen LogP contribution in [0.1, 0.15) is 57.5 Å². The fourth-order valence-corrected chi connectivity index (χ4v) is 3.03. The molecule has 1 heterocycles. The number of nitrogens with one attached hydrogen (secondary N) is 2. The second-order valence-electron chi connectivity index (χ2n) is 7.06. The lowest BCUT2D eigenvalue weighted by Crippen LogP contribution is -2.43. The third kappa shape index (κ3) is 5.09. The largest absolute Gasteiger partial charge is 0.463 e. The first-order valence-corrected chi connectivity index (χ1v) is 8.64. The van der Waals surface area contributed by atoms with Crippen LogP contribution in [0, 0.1) is 12.8 Å². The number of aryl methyl sites for hydroxylation is 1. The number of hydrogen-bond acceptors (Lipinski definition) is 4. The first-order chi connectivity index (χ1) is 11.3. The Labute approximate surface area is 143 Å². The third-order valence-corrected chi connectivity index (χ3v) is 4.51. The van der Waals surface area contributed by atoms with E-state index >= 15 is 0 Å². The van der Waals surface area contributed by atoms with Crippen LogP contribution in [0.15, 0.2) is 16.5 Å². The maximum absolute atomic E-state index is 12.0. The molecule has 134 valence electrons. The van der Waals surface area contributed by atoms with E-state index in [1.165, 1.54) is 0 Å². The van der Waals surface area contributed by atoms with Crippen LogP contribution >= 0.6 is 0 Å². The van der Waals surface area contributed by atoms with Gasteiger partial charge in [-0.05, 0) is 45.7 Å². The lowest BCUT2D eigenvalue weighted by atomic mass is 10.0. The molecule has 1 aliphatic rings. The molecular formula is C18H28N2O4. The highest BCUT2D eigenvalue weighted by atomic mass is 16.4. The van der Waals surface area contributed by atoms with E-state index in [4.69, 9.17) is 4.42 Å². The molecule has 2 amide bonds. The average molecular weight is 336 g/mol. The summed E-state index contributed by atoms with van der Waals surface area (Å²) in [5.74, 6) is 1.06. The van der Waals surface area contributed by atoms with Crippen molar-refractivity contribution in [3.8, 4) is 0 Å². The second kappa shape index (κ2) is 7.83. The van der Waals surface area contributed by atoms with E-state index in [-0.39, 0.29) is 36.7 Å². The molecule has 6 heteroatoms. The Bertz CT molecular complexity index is 573. The standard InChI is InChI=1S/C18H28N2O4/c1-12(20-17(22)14-6-4-5-7-14)10-16(21)19-11-18(3,23)15-9-8-13(2)24-15/h8-9,12,14,23H,4-7,10-11H2,1-3H3,(H,19,21)(H,20,22). The zero-order valence-corrected chi connectivity index (χ0v) is 14.7. The van der Waals surface area contributed by atoms with Gasteiger partial charge in [0.25, 0.3) is 0 Å². The molecule has 1 aromatic rings. The lowest BCUT2D eigenvalue weighted by molar-refractivity contribution is -0.126. The van der Waals surface area contributed by atoms with E-state index < -0.39 is 5.60 Å². The van der Waals surface area contributed by atoms with Crippen LogP contribution in [-0.4, -0.2) is 29.5 Å². The molecule has 24 heavy (non-hydrogen) atoms. The first-order valence-electron chi connectivity index (χ1n) is 8.64. The summed E-state index contributed by atoms with van der Waals surface area (Å²) in [6.45, 7) is 5.27. The van der Waals surface area contributed by atoms with Gasteiger partial charge in [0.1, 0.15) is 17.1 Å². The van der Waals surface area contributed by atoms with Gasteiger partial charge in [-0.1, -0.05) is 12.8 Å². The van der Waals surface area contributed by atoms with Crippen molar-refractivity contribution in [2.75, 3.05) is 6.54 Å². The molecular weight excluding hydrogens is 308 g/mol. The summed E-state index contributed by atoms with van der Waals surface area (Å²) in [7, 11) is 0. The van der Waals surface area contributed by atoms with Crippen LogP contribution in [-0.2, 0) is 15.2 Å². The summed E-state index contributed by atoms with van der Waals surface area (Å²) in [4.78, 5) is 24.1. The molecule has 0 saturated heterocycles. The van der Waals surface area contributed by atoms with Crippen molar-refractivity contribution in [1.82, 2.24) is 10.6 Å². The number of amides is 2. The molecule has 1 fully saturated rings. The molecule has 2 rings (SSSR count). The normalized spacial score (nSPS) is 18.8. The Kier molecular flexibility index (Phi) is 6.04. The van der Waals surface area contributed by atoms with Crippen molar-refractivity contribution >= 4 is 11.8 Å². The van der Waals surface area contributed by atoms with Gasteiger partial charge in [-0.2, -0.15) is 0 Å². The SMILES string of the molecule is Cc1ccc(C(C)(O)CNC(=O)CC(C)NC(=O)C2CCCC2)o1. The molecule has 3 N–H and O–H groups in total. The molecule has 0 aliphatic heterocycles. The van der Waals surface area contributed by atoms with E-state index in [0.29, 0.717) is 11.5 Å². The summed E-state index contributed by atoms with van der Waals surface area (Å²) in [6.07, 6.45) is 4.28. The Morgan fingerprint density at radius 2 is 2.04 bits per heavy atom. The number of aliphatic hydroxyl groups is 1. The average Bonchev–Trinajstić information content (AvgIpc) is 3.16. The smallest absolute Gasteiger partial charge is 0.223 e. The zero-order chi connectivity index (χ0) is 17.7. The van der Waals surface area contributed by atoms with Crippen LogP contribution in [0.4, 0.5) is 0 Å². The third-order valence-electron chi connectivity index (χ3n) is 4.51. The maximum Gasteiger partial charge on any atom is 0.223 e. The van der Waals surface area contributed by atoms with Gasteiger partial charge in [0.2, 0.25) is 11.8 Å². The van der Waals surface area contributed by atoms with Gasteiger partial charge in [-0.15, -0.1) is 0 Å². The molecule has 2 unspecified atom stereocenters. The van der Waals surface area contributed by atoms with E-state index in [1.807, 2.05) is 6.92 Å². The van der Waals surface area contributed by atoms with Gasteiger partial charge in [0, 0.05) is 18.4 Å². The van der Waals surface area contributed by atoms with Gasteiger partial charge in [0.05, 0.1) is 6.54 Å². The van der Waals surface area contributed by atoms with Crippen LogP contribution in [0.5, 0.6) is 0 Å². The summed E-state index contributed by atoms with van der Waals surface area (Å²) < 4.78 is 5.41. The van der Waals surface area contributed by atoms with Crippen molar-refractivity contribution in [1.29, 1.82) is 0 Å². The summed E-state index contributed by atoms with van der Waals surface area (Å²) in [6, 6.07) is 3.24. The minimum atomic E-state index is -1.26. The molecule has 1 saturated carbocycles. The Balaban J connectivity index is 1.75. The van der Waals surface area contributed by atoms with Crippen molar-refractivity contribution in [2.45, 2.75) is 64.5 Å². The number of carbonyl (C=O) groups excluding carboxylic acids is 2. The van der Waals surface area contributed by atoms with E-state index in [1.54, 1.807) is 26.0 Å². The number of furan rings is 1. The van der Waals surface area contributed by atoms with Crippen LogP contribution in [0.25, 0.3) is 0 Å². The number of rotatable bonds is 7. The van der Waals surface area contributed by atoms with Crippen molar-refractivity contribution in [3.63, 3.8) is 0 Å². The zero-order valence-electron chi connectivity index (χ0n) is 14.7. The minimum absolute atomic E-state index is 0.0471. The minimum Gasteiger partial charge on any atom is -0.463 e. The van der Waals surface area contributed by atoms with Gasteiger partial charge >= 0.3 is 0 Å². The first kappa shape index (κ1) is 18.5. The molecule has 1 aliphatic carbocycles. The maximum atomic E-state index is 12.0. The highest BCUT2D eigenvalue weighted by Gasteiger charge is 2.28. The van der Waals surface area contributed by atoms with Crippen molar-refractivity contribution < 1.29 is 19.1 Å². The predicted molar refractivity (Wildman–Crippen MR) is 90.2 cm³/mol. The van der Waals surface area contributed by atoms with Crippen LogP contribution in [0.3, 0.4) is 0 Å². The van der Waals surface area contributed by atoms with E-state index in [2.05, 4.69) is 10.6 Å². The molecule has 0 aromatic carbocycles. The summed E-state index contributed by atoms with van der Waals surface area (Å²) >= 11 is 0. The van der Waals surface area contributed by atoms with E-state index in [9.17, 15) is 14.7 Å². The van der Waals surface area contributed by atoms with Crippen LogP contribution < -0.4 is 10.6 Å². The van der Waals surface area contributed by atoms with Gasteiger partial charge in [-0.25, -0.2) is 0 Å². The molecule has 0 spiro atoms. The Morgan fingerprint density at radius 3 is 2.62 bits per heavy atom. The molecule has 0 bridgehead atoms. The Morgan fingerprint density at radius 1 is 1.38 bits per heavy atom. The molecule has 2 atom stereocenters. The monoisotopic (exact) mass is 336 g/mol. The van der Waals surface area contributed by atoms with Gasteiger partial charge in [0.15, 0.2) is 0 Å². The van der Waals surface area contributed by atoms with Crippen LogP contribution in [0.2, 0.25) is 0 Å². The number of hydrogen-bond donors (Lipinski definition) is 3. The number of carbonyl (C=O) groups is 2. The lowest BCUT2D eigenvalue weighted by Gasteiger charge is -2.22. The van der Waals surface area contributed by atoms with E-state index in [0.717, 1.165) is 25.7 Å². The fourth-order valence-electron chi connectivity index (χ4n) is 3.03. The highest BCUT2D eigenvalue weighted by Crippen LogP contribution is 2.25. The topological polar surface area (TPSA) is 91.6 Å². The summed E-state index contributed by atoms with van der Waals surface area (Å²) in [5, 5.41) is 16.0.